The number of likely N-dealkylation sites (N-methyl/N-ethyl adjacent to an activating group) is 1. The second-order valence-corrected chi connectivity index (χ2v) is 6.73. The summed E-state index contributed by atoms with van der Waals surface area (Å²) in [5, 5.41) is 12.6. The van der Waals surface area contributed by atoms with Crippen molar-refractivity contribution in [1.29, 1.82) is 0 Å². The molecule has 2 aromatic rings. The molecule has 112 valence electrons. The monoisotopic (exact) mass is 284 g/mol. The Morgan fingerprint density at radius 1 is 1.10 bits per heavy atom. The van der Waals surface area contributed by atoms with Crippen molar-refractivity contribution in [2.75, 3.05) is 26.7 Å². The molecule has 3 rings (SSSR count). The molecule has 0 aromatic heterocycles. The average Bonchev–Trinajstić information content (AvgIpc) is 2.46. The topological polar surface area (TPSA) is 26.7 Å². The van der Waals surface area contributed by atoms with Crippen LogP contribution in [0.3, 0.4) is 0 Å². The Morgan fingerprint density at radius 3 is 2.62 bits per heavy atom. The van der Waals surface area contributed by atoms with Gasteiger partial charge in [-0.3, -0.25) is 9.80 Å². The van der Waals surface area contributed by atoms with Gasteiger partial charge in [0.05, 0.1) is 0 Å². The number of aromatic hydroxyl groups is 1. The highest BCUT2D eigenvalue weighted by atomic mass is 16.3. The highest BCUT2D eigenvalue weighted by Gasteiger charge is 2.31. The van der Waals surface area contributed by atoms with Crippen LogP contribution in [0, 0.1) is 0 Å². The average molecular weight is 284 g/mol. The van der Waals surface area contributed by atoms with E-state index in [1.54, 1.807) is 0 Å². The smallest absolute Gasteiger partial charge is 0.120 e. The molecule has 1 N–H and O–H groups in total. The zero-order chi connectivity index (χ0) is 15.0. The van der Waals surface area contributed by atoms with E-state index in [4.69, 9.17) is 0 Å². The van der Waals surface area contributed by atoms with Crippen LogP contribution in [0.2, 0.25) is 0 Å². The number of piperazine rings is 1. The molecule has 0 spiro atoms. The summed E-state index contributed by atoms with van der Waals surface area (Å²) < 4.78 is 0. The number of nitrogens with zero attached hydrogens (tertiary/aromatic N) is 2. The molecule has 0 bridgehead atoms. The van der Waals surface area contributed by atoms with Gasteiger partial charge in [0, 0.05) is 37.3 Å². The number of phenolic OH excluding ortho intramolecular Hbond substituents is 1. The second kappa shape index (κ2) is 5.32. The third kappa shape index (κ3) is 2.76. The minimum absolute atomic E-state index is 0.179. The highest BCUT2D eigenvalue weighted by Crippen LogP contribution is 2.30. The van der Waals surface area contributed by atoms with E-state index in [0.29, 0.717) is 5.75 Å². The molecular weight excluding hydrogens is 260 g/mol. The Labute approximate surface area is 126 Å². The summed E-state index contributed by atoms with van der Waals surface area (Å²) in [6.45, 7) is 8.50. The van der Waals surface area contributed by atoms with Gasteiger partial charge in [-0.05, 0) is 37.7 Å². The summed E-state index contributed by atoms with van der Waals surface area (Å²) >= 11 is 0. The molecule has 3 heteroatoms. The molecule has 0 atom stereocenters. The third-order valence-corrected chi connectivity index (χ3v) is 4.79. The largest absolute Gasteiger partial charge is 0.508 e. The third-order valence-electron chi connectivity index (χ3n) is 4.79. The van der Waals surface area contributed by atoms with Crippen molar-refractivity contribution in [3.8, 4) is 5.75 Å². The zero-order valence-corrected chi connectivity index (χ0v) is 13.1. The van der Waals surface area contributed by atoms with Gasteiger partial charge in [0.1, 0.15) is 5.75 Å². The van der Waals surface area contributed by atoms with E-state index >= 15 is 0 Å². The molecular formula is C18H24N2O. The molecule has 1 fully saturated rings. The van der Waals surface area contributed by atoms with Crippen LogP contribution < -0.4 is 0 Å². The van der Waals surface area contributed by atoms with Crippen molar-refractivity contribution >= 4 is 10.8 Å². The molecule has 1 heterocycles. The van der Waals surface area contributed by atoms with Gasteiger partial charge in [0.15, 0.2) is 0 Å². The molecule has 1 aliphatic heterocycles. The lowest BCUT2D eigenvalue weighted by atomic mass is 9.98. The maximum absolute atomic E-state index is 10.3. The maximum Gasteiger partial charge on any atom is 0.120 e. The Hall–Kier alpha value is -1.58. The maximum atomic E-state index is 10.3. The molecule has 2 aromatic carbocycles. The SMILES string of the molecule is CN1CCN(Cc2c(O)ccc3ccccc23)CC1(C)C. The van der Waals surface area contributed by atoms with Crippen LogP contribution in [0.1, 0.15) is 19.4 Å². The van der Waals surface area contributed by atoms with Crippen LogP contribution >= 0.6 is 0 Å². The fourth-order valence-corrected chi connectivity index (χ4v) is 3.19. The quantitative estimate of drug-likeness (QED) is 0.918. The van der Waals surface area contributed by atoms with Gasteiger partial charge < -0.3 is 5.11 Å². The summed E-state index contributed by atoms with van der Waals surface area (Å²) in [5.41, 5.74) is 1.23. The summed E-state index contributed by atoms with van der Waals surface area (Å²) in [4.78, 5) is 4.86. The van der Waals surface area contributed by atoms with E-state index in [0.717, 1.165) is 37.1 Å². The van der Waals surface area contributed by atoms with E-state index in [-0.39, 0.29) is 5.54 Å². The molecule has 3 nitrogen and oxygen atoms in total. The Bertz CT molecular complexity index is 651. The first-order valence-corrected chi connectivity index (χ1v) is 7.60. The molecule has 1 aliphatic rings. The first-order chi connectivity index (χ1) is 9.97. The van der Waals surface area contributed by atoms with Gasteiger partial charge >= 0.3 is 0 Å². The van der Waals surface area contributed by atoms with Crippen molar-refractivity contribution in [1.82, 2.24) is 9.80 Å². The number of benzene rings is 2. The Kier molecular flexibility index (Phi) is 3.64. The minimum atomic E-state index is 0.179. The van der Waals surface area contributed by atoms with E-state index in [9.17, 15) is 5.11 Å². The van der Waals surface area contributed by atoms with Crippen molar-refractivity contribution in [2.45, 2.75) is 25.9 Å². The van der Waals surface area contributed by atoms with Crippen LogP contribution in [0.4, 0.5) is 0 Å². The molecule has 21 heavy (non-hydrogen) atoms. The van der Waals surface area contributed by atoms with Crippen molar-refractivity contribution in [3.05, 3.63) is 42.0 Å². The standard InChI is InChI=1S/C18H24N2O/c1-18(2)13-20(11-10-19(18)3)12-16-15-7-5-4-6-14(15)8-9-17(16)21/h4-9,21H,10-13H2,1-3H3. The van der Waals surface area contributed by atoms with Gasteiger partial charge in [-0.1, -0.05) is 30.3 Å². The normalized spacial score (nSPS) is 20.0. The number of fused-ring (bicyclic) bond motifs is 1. The van der Waals surface area contributed by atoms with Gasteiger partial charge in [0.2, 0.25) is 0 Å². The van der Waals surface area contributed by atoms with Crippen molar-refractivity contribution < 1.29 is 5.11 Å². The van der Waals surface area contributed by atoms with E-state index in [1.165, 1.54) is 5.39 Å². The van der Waals surface area contributed by atoms with Crippen LogP contribution in [0.15, 0.2) is 36.4 Å². The lowest BCUT2D eigenvalue weighted by molar-refractivity contribution is 0.0359. The Balaban J connectivity index is 1.90. The predicted molar refractivity (Wildman–Crippen MR) is 87.6 cm³/mol. The van der Waals surface area contributed by atoms with Crippen LogP contribution in [0.25, 0.3) is 10.8 Å². The van der Waals surface area contributed by atoms with Crippen molar-refractivity contribution in [3.63, 3.8) is 0 Å². The molecule has 0 saturated carbocycles. The minimum Gasteiger partial charge on any atom is -0.508 e. The fourth-order valence-electron chi connectivity index (χ4n) is 3.19. The summed E-state index contributed by atoms with van der Waals surface area (Å²) in [6.07, 6.45) is 0. The molecule has 1 saturated heterocycles. The fraction of sp³-hybridized carbons (Fsp3) is 0.444. The van der Waals surface area contributed by atoms with Crippen LogP contribution in [0.5, 0.6) is 5.75 Å². The summed E-state index contributed by atoms with van der Waals surface area (Å²) in [6, 6.07) is 12.1. The van der Waals surface area contributed by atoms with E-state index in [2.05, 4.69) is 42.8 Å². The first-order valence-electron chi connectivity index (χ1n) is 7.60. The van der Waals surface area contributed by atoms with Crippen LogP contribution in [-0.2, 0) is 6.54 Å². The first kappa shape index (κ1) is 14.4. The van der Waals surface area contributed by atoms with E-state index < -0.39 is 0 Å². The molecule has 0 amide bonds. The number of hydrogen-bond acceptors (Lipinski definition) is 3. The number of hydrogen-bond donors (Lipinski definition) is 1. The molecule has 0 unspecified atom stereocenters. The second-order valence-electron chi connectivity index (χ2n) is 6.73. The van der Waals surface area contributed by atoms with Crippen LogP contribution in [-0.4, -0.2) is 47.1 Å². The molecule has 0 radical (unpaired) electrons. The predicted octanol–water partition coefficient (Wildman–Crippen LogP) is 3.07. The zero-order valence-electron chi connectivity index (χ0n) is 13.1. The number of phenols is 1. The van der Waals surface area contributed by atoms with Gasteiger partial charge in [-0.25, -0.2) is 0 Å². The summed E-state index contributed by atoms with van der Waals surface area (Å²) in [7, 11) is 2.19. The van der Waals surface area contributed by atoms with Crippen molar-refractivity contribution in [2.24, 2.45) is 0 Å². The van der Waals surface area contributed by atoms with Gasteiger partial charge in [-0.2, -0.15) is 0 Å². The number of rotatable bonds is 2. The lowest BCUT2D eigenvalue weighted by Crippen LogP contribution is -2.57. The molecule has 0 aliphatic carbocycles. The summed E-state index contributed by atoms with van der Waals surface area (Å²) in [5.74, 6) is 0.408. The lowest BCUT2D eigenvalue weighted by Gasteiger charge is -2.45. The van der Waals surface area contributed by atoms with Gasteiger partial charge in [0.25, 0.3) is 0 Å². The van der Waals surface area contributed by atoms with E-state index in [1.807, 2.05) is 24.3 Å². The Morgan fingerprint density at radius 2 is 1.86 bits per heavy atom. The highest BCUT2D eigenvalue weighted by molar-refractivity contribution is 5.87. The van der Waals surface area contributed by atoms with Gasteiger partial charge in [-0.15, -0.1) is 0 Å².